The minimum atomic E-state index is -4.80. The zero-order valence-corrected chi connectivity index (χ0v) is 11.2. The fraction of sp³-hybridized carbons (Fsp3) is 0.333. The lowest BCUT2D eigenvalue weighted by molar-refractivity contribution is -0.147. The molecule has 0 unspecified atom stereocenters. The van der Waals surface area contributed by atoms with E-state index in [4.69, 9.17) is 0 Å². The maximum absolute atomic E-state index is 12.7. The lowest BCUT2D eigenvalue weighted by Gasteiger charge is -2.18. The second kappa shape index (κ2) is 4.87. The molecule has 0 aliphatic heterocycles. The maximum atomic E-state index is 12.7. The van der Waals surface area contributed by atoms with E-state index in [1.54, 1.807) is 0 Å². The predicted molar refractivity (Wildman–Crippen MR) is 60.9 cm³/mol. The van der Waals surface area contributed by atoms with E-state index >= 15 is 0 Å². The molecule has 0 heterocycles. The van der Waals surface area contributed by atoms with Crippen molar-refractivity contribution in [2.75, 3.05) is 6.26 Å². The summed E-state index contributed by atoms with van der Waals surface area (Å²) in [6.45, 7) is 0. The van der Waals surface area contributed by atoms with Crippen molar-refractivity contribution in [3.05, 3.63) is 26.8 Å². The van der Waals surface area contributed by atoms with Gasteiger partial charge in [-0.1, -0.05) is 0 Å². The average molecular weight is 386 g/mol. The van der Waals surface area contributed by atoms with E-state index < -0.39 is 28.4 Å². The van der Waals surface area contributed by atoms with Crippen molar-refractivity contribution in [2.24, 2.45) is 0 Å². The van der Waals surface area contributed by atoms with Gasteiger partial charge in [0.05, 0.1) is 11.1 Å². The highest BCUT2D eigenvalue weighted by Crippen LogP contribution is 2.45. The molecule has 0 aromatic heterocycles. The van der Waals surface area contributed by atoms with Crippen LogP contribution < -0.4 is 0 Å². The Balaban J connectivity index is 3.60. The summed E-state index contributed by atoms with van der Waals surface area (Å²) in [5.74, 6) is 0. The minimum absolute atomic E-state index is 0.243. The smallest absolute Gasteiger partial charge is 0.166 e. The third-order valence-corrected chi connectivity index (χ3v) is 3.63. The zero-order valence-electron chi connectivity index (χ0n) is 8.21. The Morgan fingerprint density at radius 1 is 1.00 bits per heavy atom. The number of benzene rings is 1. The summed E-state index contributed by atoms with van der Waals surface area (Å²) in [5.41, 5.74) is -2.47. The second-order valence-electron chi connectivity index (χ2n) is 3.00. The standard InChI is InChI=1S/C9H5F6IS/c1-17-7-4(8(10,11)12)2-3-5(16)6(7)9(13,14)15/h2-3H,1H3. The number of halogens is 7. The Labute approximate surface area is 111 Å². The number of hydrogen-bond acceptors (Lipinski definition) is 1. The molecule has 0 aliphatic carbocycles. The summed E-state index contributed by atoms with van der Waals surface area (Å²) in [6.07, 6.45) is -8.39. The van der Waals surface area contributed by atoms with Gasteiger partial charge in [-0.3, -0.25) is 0 Å². The Morgan fingerprint density at radius 3 is 1.88 bits per heavy atom. The highest BCUT2D eigenvalue weighted by molar-refractivity contribution is 14.1. The molecule has 1 aromatic carbocycles. The van der Waals surface area contributed by atoms with Crippen LogP contribution in [0.15, 0.2) is 17.0 Å². The van der Waals surface area contributed by atoms with E-state index in [1.807, 2.05) is 0 Å². The molecule has 0 nitrogen and oxygen atoms in total. The molecule has 0 N–H and O–H groups in total. The molecule has 0 aliphatic rings. The molecule has 1 aromatic rings. The molecule has 0 saturated carbocycles. The van der Waals surface area contributed by atoms with Crippen LogP contribution in [0, 0.1) is 3.57 Å². The normalized spacial score (nSPS) is 12.9. The summed E-state index contributed by atoms with van der Waals surface area (Å²) < 4.78 is 75.4. The van der Waals surface area contributed by atoms with Crippen molar-refractivity contribution < 1.29 is 26.3 Å². The fourth-order valence-electron chi connectivity index (χ4n) is 1.26. The highest BCUT2D eigenvalue weighted by atomic mass is 127. The largest absolute Gasteiger partial charge is 0.418 e. The lowest BCUT2D eigenvalue weighted by Crippen LogP contribution is -2.15. The highest BCUT2D eigenvalue weighted by Gasteiger charge is 2.42. The van der Waals surface area contributed by atoms with Crippen LogP contribution in [0.2, 0.25) is 0 Å². The van der Waals surface area contributed by atoms with Crippen LogP contribution >= 0.6 is 34.4 Å². The van der Waals surface area contributed by atoms with E-state index in [9.17, 15) is 26.3 Å². The molecule has 0 radical (unpaired) electrons. The molecule has 0 amide bonds. The molecule has 0 fully saturated rings. The van der Waals surface area contributed by atoms with Gasteiger partial charge in [-0.15, -0.1) is 11.8 Å². The minimum Gasteiger partial charge on any atom is -0.166 e. The Bertz CT molecular complexity index is 423. The van der Waals surface area contributed by atoms with Crippen molar-refractivity contribution in [1.29, 1.82) is 0 Å². The van der Waals surface area contributed by atoms with Gasteiger partial charge in [0.25, 0.3) is 0 Å². The van der Waals surface area contributed by atoms with Gasteiger partial charge in [0, 0.05) is 8.47 Å². The summed E-state index contributed by atoms with van der Waals surface area (Å²) in [5, 5.41) is 0. The SMILES string of the molecule is CSc1c(C(F)(F)F)ccc(I)c1C(F)(F)F. The maximum Gasteiger partial charge on any atom is 0.418 e. The first-order valence-corrected chi connectivity index (χ1v) is 6.40. The first-order chi connectivity index (χ1) is 7.59. The van der Waals surface area contributed by atoms with Gasteiger partial charge in [-0.2, -0.15) is 26.3 Å². The van der Waals surface area contributed by atoms with Crippen LogP contribution in [0.3, 0.4) is 0 Å². The Kier molecular flexibility index (Phi) is 4.28. The van der Waals surface area contributed by atoms with Crippen LogP contribution in [0.1, 0.15) is 11.1 Å². The molecule has 96 valence electrons. The lowest BCUT2D eigenvalue weighted by atomic mass is 10.1. The first-order valence-electron chi connectivity index (χ1n) is 4.10. The second-order valence-corrected chi connectivity index (χ2v) is 4.98. The van der Waals surface area contributed by atoms with Crippen LogP contribution in [0.5, 0.6) is 0 Å². The zero-order chi connectivity index (χ0) is 13.4. The topological polar surface area (TPSA) is 0 Å². The van der Waals surface area contributed by atoms with Crippen LogP contribution in [-0.2, 0) is 12.4 Å². The Morgan fingerprint density at radius 2 is 1.53 bits per heavy atom. The molecule has 0 bridgehead atoms. The number of hydrogen-bond donors (Lipinski definition) is 0. The number of thioether (sulfide) groups is 1. The van der Waals surface area contributed by atoms with Gasteiger partial charge in [0.1, 0.15) is 0 Å². The van der Waals surface area contributed by atoms with Crippen LogP contribution in [0.4, 0.5) is 26.3 Å². The van der Waals surface area contributed by atoms with Crippen molar-refractivity contribution in [3.8, 4) is 0 Å². The van der Waals surface area contributed by atoms with E-state index in [1.165, 1.54) is 28.8 Å². The molecule has 17 heavy (non-hydrogen) atoms. The van der Waals surface area contributed by atoms with E-state index in [2.05, 4.69) is 0 Å². The van der Waals surface area contributed by atoms with E-state index in [-0.39, 0.29) is 3.57 Å². The molecule has 8 heteroatoms. The molecule has 0 spiro atoms. The summed E-state index contributed by atoms with van der Waals surface area (Å²) in [7, 11) is 0. The monoisotopic (exact) mass is 386 g/mol. The quantitative estimate of drug-likeness (QED) is 0.370. The van der Waals surface area contributed by atoms with Gasteiger partial charge in [0.15, 0.2) is 0 Å². The van der Waals surface area contributed by atoms with E-state index in [0.717, 1.165) is 6.07 Å². The van der Waals surface area contributed by atoms with Gasteiger partial charge in [-0.05, 0) is 41.0 Å². The predicted octanol–water partition coefficient (Wildman–Crippen LogP) is 5.05. The van der Waals surface area contributed by atoms with Gasteiger partial charge in [-0.25, -0.2) is 0 Å². The van der Waals surface area contributed by atoms with Gasteiger partial charge in [0.2, 0.25) is 0 Å². The summed E-state index contributed by atoms with van der Waals surface area (Å²) >= 11 is 1.82. The van der Waals surface area contributed by atoms with E-state index in [0.29, 0.717) is 17.8 Å². The molecule has 0 atom stereocenters. The van der Waals surface area contributed by atoms with Gasteiger partial charge >= 0.3 is 12.4 Å². The van der Waals surface area contributed by atoms with Crippen molar-refractivity contribution in [3.63, 3.8) is 0 Å². The Hall–Kier alpha value is -0.120. The van der Waals surface area contributed by atoms with Crippen molar-refractivity contribution >= 4 is 34.4 Å². The van der Waals surface area contributed by atoms with Crippen LogP contribution in [0.25, 0.3) is 0 Å². The summed E-state index contributed by atoms with van der Waals surface area (Å²) in [6, 6.07) is 1.49. The molecule has 1 rings (SSSR count). The fourth-order valence-corrected chi connectivity index (χ4v) is 3.03. The number of alkyl halides is 6. The first kappa shape index (κ1) is 14.9. The summed E-state index contributed by atoms with van der Waals surface area (Å²) in [4.78, 5) is -0.781. The third kappa shape index (κ3) is 3.21. The van der Waals surface area contributed by atoms with Gasteiger partial charge < -0.3 is 0 Å². The van der Waals surface area contributed by atoms with Crippen molar-refractivity contribution in [2.45, 2.75) is 17.2 Å². The molecular weight excluding hydrogens is 381 g/mol. The number of rotatable bonds is 1. The van der Waals surface area contributed by atoms with Crippen LogP contribution in [-0.4, -0.2) is 6.26 Å². The third-order valence-electron chi connectivity index (χ3n) is 1.90. The molecule has 0 saturated heterocycles. The average Bonchev–Trinajstić information content (AvgIpc) is 2.12. The molecular formula is C9H5F6IS. The van der Waals surface area contributed by atoms with Crippen molar-refractivity contribution in [1.82, 2.24) is 0 Å².